The van der Waals surface area contributed by atoms with Gasteiger partial charge in [-0.1, -0.05) is 19.9 Å². The zero-order chi connectivity index (χ0) is 22.8. The molecule has 2 amide bonds. The topological polar surface area (TPSA) is 107 Å². The highest BCUT2D eigenvalue weighted by molar-refractivity contribution is 5.96. The predicted molar refractivity (Wildman–Crippen MR) is 121 cm³/mol. The first-order chi connectivity index (χ1) is 15.4. The number of nitrogens with one attached hydrogen (secondary N) is 2. The third-order valence-corrected chi connectivity index (χ3v) is 5.21. The van der Waals surface area contributed by atoms with Gasteiger partial charge in [0.2, 0.25) is 0 Å². The maximum absolute atomic E-state index is 12.5. The third kappa shape index (κ3) is 4.09. The van der Waals surface area contributed by atoms with Gasteiger partial charge in [0.1, 0.15) is 17.2 Å². The average molecular weight is 432 g/mol. The average Bonchev–Trinajstić information content (AvgIpc) is 3.41. The second-order valence-electron chi connectivity index (χ2n) is 7.82. The first-order valence-corrected chi connectivity index (χ1v) is 10.3. The van der Waals surface area contributed by atoms with Gasteiger partial charge in [-0.05, 0) is 30.3 Å². The molecule has 4 aromatic rings. The molecule has 0 atom stereocenters. The van der Waals surface area contributed by atoms with Gasteiger partial charge in [0.15, 0.2) is 0 Å². The Morgan fingerprint density at radius 3 is 2.53 bits per heavy atom. The van der Waals surface area contributed by atoms with E-state index >= 15 is 0 Å². The lowest BCUT2D eigenvalue weighted by Gasteiger charge is -2.06. The number of fused-ring (bicyclic) bond motifs is 1. The van der Waals surface area contributed by atoms with Crippen molar-refractivity contribution in [2.75, 3.05) is 7.05 Å². The van der Waals surface area contributed by atoms with Crippen molar-refractivity contribution in [1.29, 1.82) is 0 Å². The van der Waals surface area contributed by atoms with Crippen LogP contribution >= 0.6 is 0 Å². The minimum absolute atomic E-state index is 0.182. The molecule has 1 aromatic carbocycles. The minimum atomic E-state index is -0.360. The maximum Gasteiger partial charge on any atom is 0.270 e. The van der Waals surface area contributed by atoms with E-state index in [0.29, 0.717) is 5.92 Å². The van der Waals surface area contributed by atoms with Gasteiger partial charge >= 0.3 is 0 Å². The van der Waals surface area contributed by atoms with Crippen LogP contribution in [0.15, 0.2) is 48.8 Å². The largest absolute Gasteiger partial charge is 0.354 e. The molecule has 0 fully saturated rings. The van der Waals surface area contributed by atoms with E-state index in [1.807, 2.05) is 25.4 Å². The summed E-state index contributed by atoms with van der Waals surface area (Å²) in [6.07, 6.45) is 3.58. The number of rotatable bonds is 6. The molecule has 3 aromatic heterocycles. The van der Waals surface area contributed by atoms with Gasteiger partial charge in [0.05, 0.1) is 22.9 Å². The number of amides is 2. The molecule has 0 aliphatic carbocycles. The van der Waals surface area contributed by atoms with Crippen molar-refractivity contribution in [3.8, 4) is 5.69 Å². The van der Waals surface area contributed by atoms with Gasteiger partial charge in [-0.15, -0.1) is 0 Å². The smallest absolute Gasteiger partial charge is 0.270 e. The number of hydrogen-bond donors (Lipinski definition) is 2. The Labute approximate surface area is 185 Å². The molecular weight excluding hydrogens is 406 g/mol. The van der Waals surface area contributed by atoms with Crippen LogP contribution in [-0.4, -0.2) is 43.2 Å². The molecule has 0 saturated carbocycles. The fourth-order valence-corrected chi connectivity index (χ4v) is 3.54. The molecular formula is C23H25N7O2. The van der Waals surface area contributed by atoms with E-state index in [4.69, 9.17) is 4.98 Å². The summed E-state index contributed by atoms with van der Waals surface area (Å²) in [6.45, 7) is 4.54. The summed E-state index contributed by atoms with van der Waals surface area (Å²) in [7, 11) is 3.54. The molecule has 9 heteroatoms. The SMILES string of the molecule is CNC(=O)c1cccc(C(=O)NCc2cnn(-c3ccc4nc(C(C)C)n(C)c4c3)c2)n1. The number of carbonyl (C=O) groups excluding carboxylic acids is 2. The number of aryl methyl sites for hydroxylation is 1. The van der Waals surface area contributed by atoms with Crippen molar-refractivity contribution in [1.82, 2.24) is 34.9 Å². The number of aromatic nitrogens is 5. The van der Waals surface area contributed by atoms with E-state index in [1.54, 1.807) is 29.1 Å². The van der Waals surface area contributed by atoms with Crippen LogP contribution in [0.2, 0.25) is 0 Å². The Morgan fingerprint density at radius 2 is 1.81 bits per heavy atom. The van der Waals surface area contributed by atoms with Gasteiger partial charge in [-0.2, -0.15) is 5.10 Å². The molecule has 32 heavy (non-hydrogen) atoms. The van der Waals surface area contributed by atoms with Crippen molar-refractivity contribution in [2.45, 2.75) is 26.3 Å². The second-order valence-corrected chi connectivity index (χ2v) is 7.82. The number of nitrogens with zero attached hydrogens (tertiary/aromatic N) is 5. The van der Waals surface area contributed by atoms with Crippen LogP contribution in [0.5, 0.6) is 0 Å². The number of pyridine rings is 1. The quantitative estimate of drug-likeness (QED) is 0.488. The van der Waals surface area contributed by atoms with Crippen LogP contribution in [0, 0.1) is 0 Å². The van der Waals surface area contributed by atoms with Crippen LogP contribution in [0.3, 0.4) is 0 Å². The molecule has 3 heterocycles. The third-order valence-electron chi connectivity index (χ3n) is 5.21. The Balaban J connectivity index is 1.48. The van der Waals surface area contributed by atoms with Gasteiger partial charge in [-0.25, -0.2) is 14.6 Å². The number of hydrogen-bond acceptors (Lipinski definition) is 5. The summed E-state index contributed by atoms with van der Waals surface area (Å²) in [5.41, 5.74) is 4.12. The van der Waals surface area contributed by atoms with Gasteiger partial charge in [0.25, 0.3) is 11.8 Å². The van der Waals surface area contributed by atoms with Crippen LogP contribution in [0.25, 0.3) is 16.7 Å². The van der Waals surface area contributed by atoms with Gasteiger partial charge in [0, 0.05) is 38.3 Å². The predicted octanol–water partition coefficient (Wildman–Crippen LogP) is 2.57. The lowest BCUT2D eigenvalue weighted by molar-refractivity contribution is 0.0944. The van der Waals surface area contributed by atoms with Crippen molar-refractivity contribution in [3.05, 3.63) is 71.6 Å². The molecule has 0 aliphatic rings. The molecule has 9 nitrogen and oxygen atoms in total. The molecule has 0 saturated heterocycles. The zero-order valence-corrected chi connectivity index (χ0v) is 18.5. The first kappa shape index (κ1) is 21.2. The van der Waals surface area contributed by atoms with Gasteiger partial charge in [-0.3, -0.25) is 9.59 Å². The normalized spacial score (nSPS) is 11.2. The van der Waals surface area contributed by atoms with Crippen molar-refractivity contribution in [2.24, 2.45) is 7.05 Å². The van der Waals surface area contributed by atoms with Crippen LogP contribution in [0.4, 0.5) is 0 Å². The summed E-state index contributed by atoms with van der Waals surface area (Å²) in [6, 6.07) is 10.8. The zero-order valence-electron chi connectivity index (χ0n) is 18.5. The summed E-state index contributed by atoms with van der Waals surface area (Å²) < 4.78 is 3.88. The number of benzene rings is 1. The standard InChI is InChI=1S/C23H25N7O2/c1-14(2)21-28-17-9-8-16(10-20(17)29(21)4)30-13-15(12-26-30)11-25-23(32)19-7-5-6-18(27-19)22(31)24-3/h5-10,12-14H,11H2,1-4H3,(H,24,31)(H,25,32). The molecule has 0 unspecified atom stereocenters. The summed E-state index contributed by atoms with van der Waals surface area (Å²) >= 11 is 0. The fourth-order valence-electron chi connectivity index (χ4n) is 3.54. The van der Waals surface area contributed by atoms with E-state index in [1.165, 1.54) is 7.05 Å². The summed E-state index contributed by atoms with van der Waals surface area (Å²) in [5, 5.41) is 9.74. The van der Waals surface area contributed by atoms with Crippen LogP contribution in [-0.2, 0) is 13.6 Å². The number of carbonyl (C=O) groups is 2. The van der Waals surface area contributed by atoms with Crippen LogP contribution in [0.1, 0.15) is 52.1 Å². The molecule has 164 valence electrons. The van der Waals surface area contributed by atoms with Crippen molar-refractivity contribution in [3.63, 3.8) is 0 Å². The molecule has 4 rings (SSSR count). The number of imidazole rings is 1. The fraction of sp³-hybridized carbons (Fsp3) is 0.261. The lowest BCUT2D eigenvalue weighted by atomic mass is 10.2. The van der Waals surface area contributed by atoms with Crippen molar-refractivity contribution < 1.29 is 9.59 Å². The Hall–Kier alpha value is -4.01. The molecule has 0 bridgehead atoms. The first-order valence-electron chi connectivity index (χ1n) is 10.3. The van der Waals surface area contributed by atoms with E-state index in [-0.39, 0.29) is 29.7 Å². The van der Waals surface area contributed by atoms with E-state index in [0.717, 1.165) is 28.1 Å². The minimum Gasteiger partial charge on any atom is -0.354 e. The van der Waals surface area contributed by atoms with Crippen molar-refractivity contribution >= 4 is 22.8 Å². The molecule has 0 radical (unpaired) electrons. The Morgan fingerprint density at radius 1 is 1.06 bits per heavy atom. The van der Waals surface area contributed by atoms with Crippen LogP contribution < -0.4 is 10.6 Å². The highest BCUT2D eigenvalue weighted by Crippen LogP contribution is 2.23. The summed E-state index contributed by atoms with van der Waals surface area (Å²) in [5.74, 6) is 0.672. The van der Waals surface area contributed by atoms with E-state index < -0.39 is 0 Å². The summed E-state index contributed by atoms with van der Waals surface area (Å²) in [4.78, 5) is 33.0. The molecule has 2 N–H and O–H groups in total. The highest BCUT2D eigenvalue weighted by atomic mass is 16.2. The molecule has 0 aliphatic heterocycles. The van der Waals surface area contributed by atoms with E-state index in [2.05, 4.69) is 45.2 Å². The Kier molecular flexibility index (Phi) is 5.72. The monoisotopic (exact) mass is 431 g/mol. The van der Waals surface area contributed by atoms with E-state index in [9.17, 15) is 9.59 Å². The second kappa shape index (κ2) is 8.62. The Bertz CT molecular complexity index is 1300. The van der Waals surface area contributed by atoms with Gasteiger partial charge < -0.3 is 15.2 Å². The highest BCUT2D eigenvalue weighted by Gasteiger charge is 2.13. The molecule has 0 spiro atoms. The lowest BCUT2D eigenvalue weighted by Crippen LogP contribution is -2.25. The maximum atomic E-state index is 12.5.